The predicted molar refractivity (Wildman–Crippen MR) is 86.9 cm³/mol. The Bertz CT molecular complexity index is 791. The molecular weight excluding hydrogens is 311 g/mol. The molecule has 0 atom stereocenters. The second kappa shape index (κ2) is 6.11. The van der Waals surface area contributed by atoms with Crippen molar-refractivity contribution < 1.29 is 19.1 Å². The van der Waals surface area contributed by atoms with E-state index in [1.807, 2.05) is 18.4 Å². The first-order valence-electron chi connectivity index (χ1n) is 7.86. The van der Waals surface area contributed by atoms with Crippen molar-refractivity contribution in [3.8, 4) is 5.69 Å². The van der Waals surface area contributed by atoms with Crippen molar-refractivity contribution in [1.82, 2.24) is 9.47 Å². The Morgan fingerprint density at radius 3 is 2.42 bits per heavy atom. The third-order valence-corrected chi connectivity index (χ3v) is 4.30. The zero-order valence-corrected chi connectivity index (χ0v) is 13.6. The van der Waals surface area contributed by atoms with Crippen LogP contribution in [-0.2, 0) is 4.79 Å². The molecule has 0 unspecified atom stereocenters. The number of carboxylic acids is 1. The molecular formula is C18H19FN2O3. The van der Waals surface area contributed by atoms with Crippen molar-refractivity contribution in [2.75, 3.05) is 6.54 Å². The first-order chi connectivity index (χ1) is 11.4. The monoisotopic (exact) mass is 330 g/mol. The second-order valence-corrected chi connectivity index (χ2v) is 6.15. The van der Waals surface area contributed by atoms with Gasteiger partial charge in [-0.1, -0.05) is 0 Å². The molecule has 1 aliphatic carbocycles. The molecule has 1 amide bonds. The maximum atomic E-state index is 13.1. The Balaban J connectivity index is 1.97. The molecule has 1 aromatic heterocycles. The summed E-state index contributed by atoms with van der Waals surface area (Å²) in [6.07, 6.45) is 1.69. The number of hydrogen-bond acceptors (Lipinski definition) is 2. The molecule has 0 aliphatic heterocycles. The zero-order chi connectivity index (χ0) is 17.4. The van der Waals surface area contributed by atoms with Crippen LogP contribution in [0.5, 0.6) is 0 Å². The van der Waals surface area contributed by atoms with Crippen molar-refractivity contribution in [2.45, 2.75) is 32.7 Å². The topological polar surface area (TPSA) is 62.5 Å². The van der Waals surface area contributed by atoms with Crippen LogP contribution in [-0.4, -0.2) is 39.0 Å². The Labute approximate surface area is 139 Å². The summed E-state index contributed by atoms with van der Waals surface area (Å²) >= 11 is 0. The van der Waals surface area contributed by atoms with Gasteiger partial charge < -0.3 is 14.6 Å². The number of hydrogen-bond donors (Lipinski definition) is 1. The maximum absolute atomic E-state index is 13.1. The lowest BCUT2D eigenvalue weighted by Gasteiger charge is -2.20. The van der Waals surface area contributed by atoms with Crippen molar-refractivity contribution in [1.29, 1.82) is 0 Å². The van der Waals surface area contributed by atoms with Gasteiger partial charge in [0.1, 0.15) is 12.4 Å². The van der Waals surface area contributed by atoms with E-state index in [1.54, 1.807) is 18.2 Å². The van der Waals surface area contributed by atoms with Crippen molar-refractivity contribution >= 4 is 11.9 Å². The minimum absolute atomic E-state index is 0.0162. The van der Waals surface area contributed by atoms with Gasteiger partial charge in [-0.3, -0.25) is 9.59 Å². The maximum Gasteiger partial charge on any atom is 0.323 e. The Hall–Kier alpha value is -2.63. The van der Waals surface area contributed by atoms with Crippen LogP contribution in [0.1, 0.15) is 34.6 Å². The van der Waals surface area contributed by atoms with Crippen LogP contribution in [0.15, 0.2) is 30.3 Å². The smallest absolute Gasteiger partial charge is 0.323 e. The first-order valence-corrected chi connectivity index (χ1v) is 7.86. The largest absolute Gasteiger partial charge is 0.480 e. The van der Waals surface area contributed by atoms with E-state index in [4.69, 9.17) is 5.11 Å². The summed E-state index contributed by atoms with van der Waals surface area (Å²) in [5.74, 6) is -1.59. The fourth-order valence-corrected chi connectivity index (χ4v) is 3.02. The SMILES string of the molecule is Cc1cc(C(=O)N(CC(=O)O)C2CC2)c(C)n1-c1ccc(F)cc1. The number of aliphatic carboxylic acids is 1. The van der Waals surface area contributed by atoms with E-state index in [9.17, 15) is 14.0 Å². The number of halogens is 1. The number of carboxylic acid groups (broad SMARTS) is 1. The standard InChI is InChI=1S/C18H19FN2O3/c1-11-9-16(18(24)20(10-17(22)23)14-7-8-14)12(2)21(11)15-5-3-13(19)4-6-15/h3-6,9,14H,7-8,10H2,1-2H3,(H,22,23). The fourth-order valence-electron chi connectivity index (χ4n) is 3.02. The lowest BCUT2D eigenvalue weighted by molar-refractivity contribution is -0.137. The zero-order valence-electron chi connectivity index (χ0n) is 13.6. The molecule has 1 aromatic carbocycles. The summed E-state index contributed by atoms with van der Waals surface area (Å²) in [7, 11) is 0. The van der Waals surface area contributed by atoms with Crippen molar-refractivity contribution in [3.05, 3.63) is 53.1 Å². The molecule has 2 aromatic rings. The van der Waals surface area contributed by atoms with Crippen LogP contribution in [0.2, 0.25) is 0 Å². The van der Waals surface area contributed by atoms with Gasteiger partial charge >= 0.3 is 5.97 Å². The third-order valence-electron chi connectivity index (χ3n) is 4.30. The van der Waals surface area contributed by atoms with Crippen LogP contribution in [0.4, 0.5) is 4.39 Å². The summed E-state index contributed by atoms with van der Waals surface area (Å²) in [5, 5.41) is 9.05. The van der Waals surface area contributed by atoms with Gasteiger partial charge in [-0.15, -0.1) is 0 Å². The second-order valence-electron chi connectivity index (χ2n) is 6.15. The predicted octanol–water partition coefficient (Wildman–Crippen LogP) is 2.92. The van der Waals surface area contributed by atoms with Crippen molar-refractivity contribution in [3.63, 3.8) is 0 Å². The van der Waals surface area contributed by atoms with Crippen LogP contribution in [0.3, 0.4) is 0 Å². The molecule has 5 nitrogen and oxygen atoms in total. The van der Waals surface area contributed by atoms with E-state index < -0.39 is 5.97 Å². The van der Waals surface area contributed by atoms with Gasteiger partial charge in [-0.25, -0.2) is 4.39 Å². The van der Waals surface area contributed by atoms with Gasteiger partial charge in [-0.05, 0) is 57.0 Å². The summed E-state index contributed by atoms with van der Waals surface area (Å²) in [6.45, 7) is 3.39. The van der Waals surface area contributed by atoms with Gasteiger partial charge in [0.2, 0.25) is 0 Å². The minimum atomic E-state index is -1.01. The summed E-state index contributed by atoms with van der Waals surface area (Å²) in [6, 6.07) is 7.83. The number of carbonyl (C=O) groups excluding carboxylic acids is 1. The Morgan fingerprint density at radius 1 is 1.25 bits per heavy atom. The van der Waals surface area contributed by atoms with Crippen LogP contribution in [0.25, 0.3) is 5.69 Å². The van der Waals surface area contributed by atoms with Gasteiger partial charge in [0.15, 0.2) is 0 Å². The molecule has 1 aliphatic rings. The van der Waals surface area contributed by atoms with E-state index in [0.717, 1.165) is 29.9 Å². The molecule has 0 radical (unpaired) electrons. The number of aromatic nitrogens is 1. The molecule has 1 N–H and O–H groups in total. The van der Waals surface area contributed by atoms with Gasteiger partial charge in [0, 0.05) is 23.1 Å². The van der Waals surface area contributed by atoms with E-state index >= 15 is 0 Å². The van der Waals surface area contributed by atoms with Gasteiger partial charge in [0.25, 0.3) is 5.91 Å². The fraction of sp³-hybridized carbons (Fsp3) is 0.333. The third kappa shape index (κ3) is 3.04. The summed E-state index contributed by atoms with van der Waals surface area (Å²) in [5.41, 5.74) is 2.82. The number of nitrogens with zero attached hydrogens (tertiary/aromatic N) is 2. The average molecular weight is 330 g/mol. The number of carbonyl (C=O) groups is 2. The Morgan fingerprint density at radius 2 is 1.88 bits per heavy atom. The molecule has 0 spiro atoms. The number of amides is 1. The van der Waals surface area contributed by atoms with Gasteiger partial charge in [-0.2, -0.15) is 0 Å². The van der Waals surface area contributed by atoms with Crippen molar-refractivity contribution in [2.24, 2.45) is 0 Å². The minimum Gasteiger partial charge on any atom is -0.480 e. The highest BCUT2D eigenvalue weighted by molar-refractivity contribution is 5.97. The van der Waals surface area contributed by atoms with E-state index in [0.29, 0.717) is 5.56 Å². The molecule has 6 heteroatoms. The number of benzene rings is 1. The highest BCUT2D eigenvalue weighted by Gasteiger charge is 2.35. The quantitative estimate of drug-likeness (QED) is 0.917. The van der Waals surface area contributed by atoms with Crippen LogP contribution in [0, 0.1) is 19.7 Å². The first kappa shape index (κ1) is 16.2. The normalized spacial score (nSPS) is 13.8. The van der Waals surface area contributed by atoms with Crippen LogP contribution < -0.4 is 0 Å². The lowest BCUT2D eigenvalue weighted by Crippen LogP contribution is -2.37. The molecule has 0 saturated heterocycles. The van der Waals surface area contributed by atoms with E-state index in [2.05, 4.69) is 0 Å². The van der Waals surface area contributed by atoms with Gasteiger partial charge in [0.05, 0.1) is 5.56 Å². The average Bonchev–Trinajstić information content (AvgIpc) is 3.32. The molecule has 3 rings (SSSR count). The molecule has 0 bridgehead atoms. The Kier molecular flexibility index (Phi) is 4.13. The number of rotatable bonds is 5. The molecule has 1 saturated carbocycles. The lowest BCUT2D eigenvalue weighted by atomic mass is 10.2. The van der Waals surface area contributed by atoms with E-state index in [-0.39, 0.29) is 24.3 Å². The number of aryl methyl sites for hydroxylation is 1. The molecule has 1 heterocycles. The summed E-state index contributed by atoms with van der Waals surface area (Å²) in [4.78, 5) is 25.3. The molecule has 1 fully saturated rings. The molecule has 24 heavy (non-hydrogen) atoms. The van der Waals surface area contributed by atoms with Crippen LogP contribution >= 0.6 is 0 Å². The van der Waals surface area contributed by atoms with E-state index in [1.165, 1.54) is 17.0 Å². The highest BCUT2D eigenvalue weighted by Crippen LogP contribution is 2.30. The summed E-state index contributed by atoms with van der Waals surface area (Å²) < 4.78 is 15.0. The molecule has 126 valence electrons. The highest BCUT2D eigenvalue weighted by atomic mass is 19.1.